The van der Waals surface area contributed by atoms with Crippen molar-refractivity contribution in [3.8, 4) is 0 Å². The van der Waals surface area contributed by atoms with Crippen LogP contribution in [0.2, 0.25) is 0 Å². The van der Waals surface area contributed by atoms with Crippen LogP contribution in [-0.4, -0.2) is 48.0 Å². The molecule has 0 spiro atoms. The maximum atomic E-state index is 4.21. The lowest BCUT2D eigenvalue weighted by Gasteiger charge is -2.25. The van der Waals surface area contributed by atoms with E-state index in [2.05, 4.69) is 40.0 Å². The van der Waals surface area contributed by atoms with Gasteiger partial charge in [0.05, 0.1) is 0 Å². The van der Waals surface area contributed by atoms with Gasteiger partial charge in [0, 0.05) is 38.6 Å². The summed E-state index contributed by atoms with van der Waals surface area (Å²) in [4.78, 5) is 9.36. The van der Waals surface area contributed by atoms with Gasteiger partial charge in [0.1, 0.15) is 0 Å². The van der Waals surface area contributed by atoms with Crippen molar-refractivity contribution in [2.75, 3.05) is 33.2 Å². The van der Waals surface area contributed by atoms with Gasteiger partial charge in [-0.05, 0) is 62.7 Å². The highest BCUT2D eigenvalue weighted by Gasteiger charge is 2.25. The highest BCUT2D eigenvalue weighted by Crippen LogP contribution is 2.24. The molecular weight excluding hydrogens is 270 g/mol. The Hall–Kier alpha value is -1.19. The molecule has 2 heterocycles. The smallest absolute Gasteiger partial charge is 0.0312 e. The Morgan fingerprint density at radius 2 is 2.23 bits per heavy atom. The molecule has 1 saturated heterocycles. The first-order valence-corrected chi connectivity index (χ1v) is 8.74. The molecule has 22 heavy (non-hydrogen) atoms. The van der Waals surface area contributed by atoms with Crippen LogP contribution < -0.4 is 0 Å². The molecule has 3 heteroatoms. The van der Waals surface area contributed by atoms with Gasteiger partial charge in [-0.25, -0.2) is 0 Å². The Labute approximate surface area is 135 Å². The minimum atomic E-state index is 0.834. The van der Waals surface area contributed by atoms with Gasteiger partial charge in [0.25, 0.3) is 0 Å². The summed E-state index contributed by atoms with van der Waals surface area (Å²) in [6.45, 7) is 6.12. The van der Waals surface area contributed by atoms with Crippen molar-refractivity contribution in [3.63, 3.8) is 0 Å². The first kappa shape index (κ1) is 15.7. The summed E-state index contributed by atoms with van der Waals surface area (Å²) in [5, 5.41) is 0. The number of allylic oxidation sites excluding steroid dienone is 2. The molecule has 0 radical (unpaired) electrons. The maximum absolute atomic E-state index is 4.21. The third kappa shape index (κ3) is 4.65. The highest BCUT2D eigenvalue weighted by molar-refractivity contribution is 5.08. The summed E-state index contributed by atoms with van der Waals surface area (Å²) in [6, 6.07) is 4.19. The van der Waals surface area contributed by atoms with E-state index in [0.29, 0.717) is 0 Å². The lowest BCUT2D eigenvalue weighted by molar-refractivity contribution is 0.234. The zero-order valence-electron chi connectivity index (χ0n) is 13.8. The third-order valence-electron chi connectivity index (χ3n) is 5.01. The lowest BCUT2D eigenvalue weighted by Crippen LogP contribution is -2.31. The van der Waals surface area contributed by atoms with Crippen LogP contribution in [0.4, 0.5) is 0 Å². The molecule has 0 amide bonds. The molecule has 0 bridgehead atoms. The van der Waals surface area contributed by atoms with Crippen molar-refractivity contribution in [3.05, 3.63) is 42.2 Å². The molecule has 2 aliphatic rings. The van der Waals surface area contributed by atoms with Gasteiger partial charge in [-0.2, -0.15) is 0 Å². The minimum absolute atomic E-state index is 0.834. The molecule has 0 aromatic carbocycles. The summed E-state index contributed by atoms with van der Waals surface area (Å²) in [5.41, 5.74) is 1.31. The first-order chi connectivity index (χ1) is 10.8. The van der Waals surface area contributed by atoms with Crippen molar-refractivity contribution in [2.45, 2.75) is 32.2 Å². The fourth-order valence-electron chi connectivity index (χ4n) is 3.92. The van der Waals surface area contributed by atoms with Crippen LogP contribution in [0.15, 0.2) is 36.7 Å². The van der Waals surface area contributed by atoms with Crippen molar-refractivity contribution in [1.29, 1.82) is 0 Å². The van der Waals surface area contributed by atoms with Crippen molar-refractivity contribution >= 4 is 0 Å². The average Bonchev–Trinajstić information content (AvgIpc) is 2.96. The molecular formula is C19H29N3. The van der Waals surface area contributed by atoms with E-state index in [4.69, 9.17) is 0 Å². The second-order valence-corrected chi connectivity index (χ2v) is 7.12. The quantitative estimate of drug-likeness (QED) is 0.752. The topological polar surface area (TPSA) is 19.4 Å². The van der Waals surface area contributed by atoms with E-state index in [9.17, 15) is 0 Å². The van der Waals surface area contributed by atoms with Gasteiger partial charge >= 0.3 is 0 Å². The number of aromatic nitrogens is 1. The van der Waals surface area contributed by atoms with E-state index in [1.54, 1.807) is 0 Å². The van der Waals surface area contributed by atoms with Crippen LogP contribution in [0.1, 0.15) is 31.2 Å². The van der Waals surface area contributed by atoms with Crippen LogP contribution in [0.25, 0.3) is 0 Å². The molecule has 1 aliphatic carbocycles. The second kappa shape index (κ2) is 7.89. The highest BCUT2D eigenvalue weighted by atomic mass is 15.2. The Balaban J connectivity index is 1.39. The molecule has 2 atom stereocenters. The molecule has 0 unspecified atom stereocenters. The predicted octanol–water partition coefficient (Wildman–Crippen LogP) is 3.19. The minimum Gasteiger partial charge on any atom is -0.303 e. The monoisotopic (exact) mass is 299 g/mol. The fraction of sp³-hybridized carbons (Fsp3) is 0.632. The van der Waals surface area contributed by atoms with Gasteiger partial charge in [0.15, 0.2) is 0 Å². The normalized spacial score (nSPS) is 25.9. The van der Waals surface area contributed by atoms with Crippen molar-refractivity contribution < 1.29 is 0 Å². The van der Waals surface area contributed by atoms with Crippen LogP contribution in [-0.2, 0) is 6.54 Å². The van der Waals surface area contributed by atoms with Crippen LogP contribution in [0, 0.1) is 11.8 Å². The summed E-state index contributed by atoms with van der Waals surface area (Å²) in [5.74, 6) is 1.73. The molecule has 1 aromatic rings. The van der Waals surface area contributed by atoms with Gasteiger partial charge < -0.3 is 9.80 Å². The Morgan fingerprint density at radius 1 is 1.27 bits per heavy atom. The molecule has 0 N–H and O–H groups in total. The number of rotatable bonds is 6. The number of hydrogen-bond acceptors (Lipinski definition) is 3. The third-order valence-corrected chi connectivity index (χ3v) is 5.01. The second-order valence-electron chi connectivity index (χ2n) is 7.12. The molecule has 3 rings (SSSR count). The zero-order chi connectivity index (χ0) is 15.2. The van der Waals surface area contributed by atoms with Gasteiger partial charge in [0.2, 0.25) is 0 Å². The maximum Gasteiger partial charge on any atom is 0.0312 e. The Kier molecular flexibility index (Phi) is 5.63. The Bertz CT molecular complexity index is 471. The molecule has 3 nitrogen and oxygen atoms in total. The van der Waals surface area contributed by atoms with Crippen LogP contribution >= 0.6 is 0 Å². The SMILES string of the molecule is CN(Cc1cccnc1)C[C@@H]1CCN(C[C@@H]2CC=CCC2)C1. The van der Waals surface area contributed by atoms with Crippen LogP contribution in [0.5, 0.6) is 0 Å². The van der Waals surface area contributed by atoms with E-state index >= 15 is 0 Å². The predicted molar refractivity (Wildman–Crippen MR) is 91.6 cm³/mol. The molecule has 1 aromatic heterocycles. The van der Waals surface area contributed by atoms with Gasteiger partial charge in [-0.3, -0.25) is 4.98 Å². The van der Waals surface area contributed by atoms with E-state index in [1.807, 2.05) is 18.5 Å². The van der Waals surface area contributed by atoms with E-state index in [-0.39, 0.29) is 0 Å². The molecule has 0 saturated carbocycles. The van der Waals surface area contributed by atoms with Crippen molar-refractivity contribution in [2.24, 2.45) is 11.8 Å². The van der Waals surface area contributed by atoms with Gasteiger partial charge in [-0.1, -0.05) is 18.2 Å². The molecule has 1 aliphatic heterocycles. The van der Waals surface area contributed by atoms with E-state index < -0.39 is 0 Å². The lowest BCUT2D eigenvalue weighted by atomic mass is 9.94. The van der Waals surface area contributed by atoms with Crippen molar-refractivity contribution in [1.82, 2.24) is 14.8 Å². The first-order valence-electron chi connectivity index (χ1n) is 8.74. The molecule has 120 valence electrons. The van der Waals surface area contributed by atoms with Crippen LogP contribution in [0.3, 0.4) is 0 Å². The van der Waals surface area contributed by atoms with E-state index in [0.717, 1.165) is 18.4 Å². The summed E-state index contributed by atoms with van der Waals surface area (Å²) >= 11 is 0. The summed E-state index contributed by atoms with van der Waals surface area (Å²) in [6.07, 6.45) is 13.9. The zero-order valence-corrected chi connectivity index (χ0v) is 13.8. The van der Waals surface area contributed by atoms with Gasteiger partial charge in [-0.15, -0.1) is 0 Å². The molecule has 1 fully saturated rings. The Morgan fingerprint density at radius 3 is 3.00 bits per heavy atom. The summed E-state index contributed by atoms with van der Waals surface area (Å²) in [7, 11) is 2.24. The number of hydrogen-bond donors (Lipinski definition) is 0. The largest absolute Gasteiger partial charge is 0.303 e. The standard InChI is InChI=1S/C19H29N3/c1-21(13-18-8-5-10-20-12-18)14-19-9-11-22(16-19)15-17-6-3-2-4-7-17/h2-3,5,8,10,12,17,19H,4,6-7,9,11,13-16H2,1H3/t17-,19+/m1/s1. The van der Waals surface area contributed by atoms with E-state index in [1.165, 1.54) is 57.4 Å². The summed E-state index contributed by atoms with van der Waals surface area (Å²) < 4.78 is 0. The number of likely N-dealkylation sites (tertiary alicyclic amines) is 1. The number of pyridine rings is 1. The average molecular weight is 299 g/mol. The fourth-order valence-corrected chi connectivity index (χ4v) is 3.92. The number of nitrogens with zero attached hydrogens (tertiary/aromatic N) is 3.